The highest BCUT2D eigenvalue weighted by Crippen LogP contribution is 2.64. The summed E-state index contributed by atoms with van der Waals surface area (Å²) in [6, 6.07) is 15.9. The van der Waals surface area contributed by atoms with Crippen LogP contribution in [0.15, 0.2) is 71.8 Å². The van der Waals surface area contributed by atoms with Crippen LogP contribution in [0.3, 0.4) is 0 Å². The quantitative estimate of drug-likeness (QED) is 0.167. The summed E-state index contributed by atoms with van der Waals surface area (Å²) in [7, 11) is 0. The van der Waals surface area contributed by atoms with Crippen molar-refractivity contribution in [3.05, 3.63) is 82.9 Å². The first-order chi connectivity index (χ1) is 27.7. The minimum Gasteiger partial charge on any atom is -0.456 e. The summed E-state index contributed by atoms with van der Waals surface area (Å²) in [4.78, 5) is 82.3. The molecule has 2 aromatic rings. The number of hydrogen-bond donors (Lipinski definition) is 3. The van der Waals surface area contributed by atoms with E-state index in [4.69, 9.17) is 28.4 Å². The van der Waals surface area contributed by atoms with E-state index in [1.165, 1.54) is 26.0 Å². The molecule has 59 heavy (non-hydrogen) atoms. The minimum atomic E-state index is -2.38. The maximum Gasteiger partial charge on any atom is 0.339 e. The molecule has 11 atom stereocenters. The zero-order valence-electron chi connectivity index (χ0n) is 34.2. The van der Waals surface area contributed by atoms with Crippen molar-refractivity contribution in [2.75, 3.05) is 6.61 Å². The molecular weight excluding hydrogens is 768 g/mol. The Morgan fingerprint density at radius 3 is 2.10 bits per heavy atom. The molecule has 0 amide bonds. The number of hydrogen-bond acceptors (Lipinski definition) is 15. The van der Waals surface area contributed by atoms with Crippen LogP contribution in [0, 0.1) is 16.7 Å². The molecule has 6 rings (SSSR count). The van der Waals surface area contributed by atoms with Gasteiger partial charge in [-0.2, -0.15) is 0 Å². The van der Waals surface area contributed by atoms with E-state index in [1.807, 2.05) is 0 Å². The van der Waals surface area contributed by atoms with Gasteiger partial charge in [-0.1, -0.05) is 69.3 Å². The molecule has 1 heterocycles. The molecule has 2 bridgehead atoms. The average molecular weight is 821 g/mol. The summed E-state index contributed by atoms with van der Waals surface area (Å²) >= 11 is 0. The molecule has 318 valence electrons. The fraction of sp³-hybridized carbons (Fsp3) is 0.545. The van der Waals surface area contributed by atoms with Crippen LogP contribution < -0.4 is 0 Å². The van der Waals surface area contributed by atoms with Crippen LogP contribution in [0.5, 0.6) is 0 Å². The Hall–Kier alpha value is -4.96. The van der Waals surface area contributed by atoms with Crippen LogP contribution in [0.25, 0.3) is 0 Å². The number of ketones is 1. The maximum absolute atomic E-state index is 15.4. The largest absolute Gasteiger partial charge is 0.456 e. The highest BCUT2D eigenvalue weighted by molar-refractivity contribution is 5.95. The maximum atomic E-state index is 15.4. The lowest BCUT2D eigenvalue weighted by Gasteiger charge is -2.67. The van der Waals surface area contributed by atoms with Crippen molar-refractivity contribution in [2.45, 2.75) is 128 Å². The monoisotopic (exact) mass is 820 g/mol. The van der Waals surface area contributed by atoms with Gasteiger partial charge in [-0.05, 0) is 49.1 Å². The number of ether oxygens (including phenoxy) is 6. The highest BCUT2D eigenvalue weighted by atomic mass is 16.6. The third-order valence-corrected chi connectivity index (χ3v) is 12.8. The van der Waals surface area contributed by atoms with Crippen molar-refractivity contribution < 1.29 is 72.5 Å². The molecule has 0 aromatic heterocycles. The molecule has 0 spiro atoms. The van der Waals surface area contributed by atoms with Crippen LogP contribution >= 0.6 is 0 Å². The normalized spacial score (nSPS) is 32.9. The second-order valence-electron chi connectivity index (χ2n) is 16.7. The van der Waals surface area contributed by atoms with E-state index in [-0.39, 0.29) is 36.2 Å². The summed E-state index contributed by atoms with van der Waals surface area (Å²) in [5, 5.41) is 37.1. The number of rotatable bonds is 11. The molecule has 1 aliphatic heterocycles. The van der Waals surface area contributed by atoms with E-state index >= 15 is 4.79 Å². The molecule has 15 nitrogen and oxygen atoms in total. The van der Waals surface area contributed by atoms with Crippen molar-refractivity contribution in [3.8, 4) is 0 Å². The van der Waals surface area contributed by atoms with E-state index in [0.29, 0.717) is 12.0 Å². The molecule has 0 unspecified atom stereocenters. The Labute approximate surface area is 341 Å². The Bertz CT molecular complexity index is 2010. The number of Topliss-reactive ketones (excluding diaryl/α,β-unsaturated/α-hetero) is 1. The van der Waals surface area contributed by atoms with Crippen molar-refractivity contribution in [2.24, 2.45) is 16.7 Å². The van der Waals surface area contributed by atoms with Crippen molar-refractivity contribution >= 4 is 35.6 Å². The fourth-order valence-electron chi connectivity index (χ4n) is 9.71. The van der Waals surface area contributed by atoms with E-state index in [9.17, 15) is 39.3 Å². The molecule has 2 saturated carbocycles. The third-order valence-electron chi connectivity index (χ3n) is 12.8. The number of aliphatic hydroxyl groups is 3. The molecule has 2 aromatic carbocycles. The van der Waals surface area contributed by atoms with Gasteiger partial charge in [0.05, 0.1) is 29.6 Å². The number of aliphatic hydroxyl groups excluding tert-OH is 2. The number of benzene rings is 2. The van der Waals surface area contributed by atoms with Crippen LogP contribution in [-0.4, -0.2) is 105 Å². The topological polar surface area (TPSA) is 218 Å². The number of fused-ring (bicyclic) bond motifs is 5. The second kappa shape index (κ2) is 16.2. The Morgan fingerprint density at radius 1 is 0.915 bits per heavy atom. The second-order valence-corrected chi connectivity index (χ2v) is 16.7. The Kier molecular flexibility index (Phi) is 12.0. The van der Waals surface area contributed by atoms with Gasteiger partial charge in [-0.15, -0.1) is 0 Å². The molecule has 3 N–H and O–H groups in total. The first kappa shape index (κ1) is 43.6. The van der Waals surface area contributed by atoms with Crippen LogP contribution in [-0.2, 0) is 52.4 Å². The van der Waals surface area contributed by atoms with Crippen LogP contribution in [0.1, 0.15) is 96.2 Å². The molecule has 4 aliphatic rings. The van der Waals surface area contributed by atoms with Gasteiger partial charge in [0.1, 0.15) is 23.9 Å². The van der Waals surface area contributed by atoms with Gasteiger partial charge < -0.3 is 43.7 Å². The lowest BCUT2D eigenvalue weighted by atomic mass is 9.44. The van der Waals surface area contributed by atoms with Gasteiger partial charge in [0.15, 0.2) is 29.7 Å². The predicted molar refractivity (Wildman–Crippen MR) is 205 cm³/mol. The fourth-order valence-corrected chi connectivity index (χ4v) is 9.71. The smallest absolute Gasteiger partial charge is 0.339 e. The summed E-state index contributed by atoms with van der Waals surface area (Å²) in [6.07, 6.45) is -11.6. The van der Waals surface area contributed by atoms with Crippen LogP contribution in [0.4, 0.5) is 0 Å². The average Bonchev–Trinajstić information content (AvgIpc) is 3.18. The van der Waals surface area contributed by atoms with Gasteiger partial charge in [0.25, 0.3) is 0 Å². The van der Waals surface area contributed by atoms with Crippen molar-refractivity contribution in [1.29, 1.82) is 0 Å². The van der Waals surface area contributed by atoms with E-state index < -0.39 is 113 Å². The Balaban J connectivity index is 1.55. The first-order valence-electron chi connectivity index (χ1n) is 19.8. The molecule has 1 saturated heterocycles. The summed E-state index contributed by atoms with van der Waals surface area (Å²) in [6.45, 7) is 9.71. The van der Waals surface area contributed by atoms with Crippen molar-refractivity contribution in [1.82, 2.24) is 0 Å². The highest BCUT2D eigenvalue weighted by Gasteiger charge is 2.78. The third kappa shape index (κ3) is 7.36. The molecular formula is C44H52O15. The minimum absolute atomic E-state index is 0.00518. The van der Waals surface area contributed by atoms with Gasteiger partial charge >= 0.3 is 29.8 Å². The Morgan fingerprint density at radius 2 is 1.54 bits per heavy atom. The van der Waals surface area contributed by atoms with Gasteiger partial charge in [-0.3, -0.25) is 19.2 Å². The summed E-state index contributed by atoms with van der Waals surface area (Å²) in [5.41, 5.74) is -7.33. The molecule has 0 radical (unpaired) electrons. The van der Waals surface area contributed by atoms with Crippen molar-refractivity contribution in [3.63, 3.8) is 0 Å². The first-order valence-corrected chi connectivity index (χ1v) is 19.8. The van der Waals surface area contributed by atoms with E-state index in [2.05, 4.69) is 0 Å². The standard InChI is InChI=1S/C44H52O15/c1-8-15-31(48)57-34(26-16-11-9-12-17-26)33(49)40(52)56-28-21-44(53)38(58-39(51)27-18-13-10-14-19-27)36-42(7,29(47)20-30-43(36,22-54-30)59-25(4)46)37(50)35(55-24(3)45)32(23(28)2)41(44,5)6/h9-14,16-19,28-30,33-36,38,47,49,53H,8,15,20-22H2,1-7H3/t28-,29+,30-,33-,34+,35-,36-,38-,42-,43-,44-/m1/s1. The van der Waals surface area contributed by atoms with Gasteiger partial charge in [-0.25, -0.2) is 9.59 Å². The number of carbonyl (C=O) groups is 6. The van der Waals surface area contributed by atoms with E-state index in [1.54, 1.807) is 69.3 Å². The van der Waals surface area contributed by atoms with Gasteiger partial charge in [0, 0.05) is 38.5 Å². The lowest BCUT2D eigenvalue weighted by molar-refractivity contribution is -0.346. The molecule has 15 heteroatoms. The summed E-state index contributed by atoms with van der Waals surface area (Å²) in [5.74, 6) is -6.95. The van der Waals surface area contributed by atoms with Gasteiger partial charge in [0.2, 0.25) is 0 Å². The zero-order valence-corrected chi connectivity index (χ0v) is 34.2. The molecule has 3 aliphatic carbocycles. The van der Waals surface area contributed by atoms with E-state index in [0.717, 1.165) is 13.8 Å². The number of esters is 5. The molecule has 3 fully saturated rings. The van der Waals surface area contributed by atoms with Crippen LogP contribution in [0.2, 0.25) is 0 Å². The predicted octanol–water partition coefficient (Wildman–Crippen LogP) is 3.65. The zero-order chi connectivity index (χ0) is 43.2. The SMILES string of the molecule is CCCC(=O)O[C@@H](c1ccccc1)[C@@H](O)C(=O)O[C@@H]1C[C@@]2(O)[C@H](OC(=O)c3ccccc3)[C@H]3[C@@]4(OC(C)=O)CO[C@@H]4C[C@H](O)[C@@]3(C)C(=O)[C@H](OC(C)=O)C(=C1C)C2(C)C. The lowest BCUT2D eigenvalue weighted by Crippen LogP contribution is -2.82. The summed E-state index contributed by atoms with van der Waals surface area (Å²) < 4.78 is 35.7. The number of carbonyl (C=O) groups excluding carboxylic acids is 6.